The maximum absolute atomic E-state index is 12.5. The van der Waals surface area contributed by atoms with E-state index >= 15 is 0 Å². The van der Waals surface area contributed by atoms with Crippen molar-refractivity contribution < 1.29 is 22.7 Å². The minimum absolute atomic E-state index is 0.165. The van der Waals surface area contributed by atoms with E-state index in [1.165, 1.54) is 7.11 Å². The minimum Gasteiger partial charge on any atom is -0.497 e. The van der Waals surface area contributed by atoms with Gasteiger partial charge in [-0.3, -0.25) is 13.9 Å². The SMILES string of the molecule is COc1ccc(N(CC(=O)NCc2cccc(CN3CCCC3=O)c2)S(C)(=O)=O)cc1. The lowest BCUT2D eigenvalue weighted by atomic mass is 10.1. The van der Waals surface area contributed by atoms with Gasteiger partial charge in [-0.1, -0.05) is 24.3 Å². The van der Waals surface area contributed by atoms with Gasteiger partial charge in [0.1, 0.15) is 12.3 Å². The van der Waals surface area contributed by atoms with Crippen molar-refractivity contribution in [3.8, 4) is 5.75 Å². The van der Waals surface area contributed by atoms with E-state index in [9.17, 15) is 18.0 Å². The molecule has 166 valence electrons. The standard InChI is InChI=1S/C22H27N3O5S/c1-30-20-10-8-19(9-11-20)25(31(2,28)29)16-21(26)23-14-17-5-3-6-18(13-17)15-24-12-4-7-22(24)27/h3,5-6,8-11,13H,4,7,12,14-16H2,1-2H3,(H,23,26). The lowest BCUT2D eigenvalue weighted by molar-refractivity contribution is -0.128. The van der Waals surface area contributed by atoms with Crippen molar-refractivity contribution in [2.75, 3.05) is 30.8 Å². The third-order valence-corrected chi connectivity index (χ3v) is 6.21. The molecule has 0 aliphatic carbocycles. The fourth-order valence-electron chi connectivity index (χ4n) is 3.47. The minimum atomic E-state index is -3.65. The molecule has 0 spiro atoms. The molecule has 0 saturated carbocycles. The highest BCUT2D eigenvalue weighted by Crippen LogP contribution is 2.21. The van der Waals surface area contributed by atoms with Crippen molar-refractivity contribution in [3.63, 3.8) is 0 Å². The Labute approximate surface area is 182 Å². The van der Waals surface area contributed by atoms with E-state index in [0.717, 1.165) is 34.7 Å². The van der Waals surface area contributed by atoms with Gasteiger partial charge in [-0.25, -0.2) is 8.42 Å². The first-order valence-electron chi connectivity index (χ1n) is 10.0. The van der Waals surface area contributed by atoms with Gasteiger partial charge in [-0.2, -0.15) is 0 Å². The number of methoxy groups -OCH3 is 1. The highest BCUT2D eigenvalue weighted by atomic mass is 32.2. The summed E-state index contributed by atoms with van der Waals surface area (Å²) in [5, 5.41) is 2.77. The van der Waals surface area contributed by atoms with Gasteiger partial charge in [0, 0.05) is 26.1 Å². The summed E-state index contributed by atoms with van der Waals surface area (Å²) < 4.78 is 30.6. The average molecular weight is 446 g/mol. The van der Waals surface area contributed by atoms with Crippen molar-refractivity contribution in [2.24, 2.45) is 0 Å². The van der Waals surface area contributed by atoms with Crippen LogP contribution in [0.1, 0.15) is 24.0 Å². The van der Waals surface area contributed by atoms with Gasteiger partial charge in [-0.15, -0.1) is 0 Å². The van der Waals surface area contributed by atoms with Crippen LogP contribution in [0.5, 0.6) is 5.75 Å². The molecule has 2 aromatic rings. The Morgan fingerprint density at radius 2 is 1.87 bits per heavy atom. The Balaban J connectivity index is 1.61. The third kappa shape index (κ3) is 6.21. The largest absolute Gasteiger partial charge is 0.497 e. The summed E-state index contributed by atoms with van der Waals surface area (Å²) in [5.41, 5.74) is 2.27. The zero-order valence-electron chi connectivity index (χ0n) is 17.7. The zero-order valence-corrected chi connectivity index (χ0v) is 18.5. The van der Waals surface area contributed by atoms with Crippen LogP contribution < -0.4 is 14.4 Å². The van der Waals surface area contributed by atoms with Gasteiger partial charge in [0.15, 0.2) is 0 Å². The molecule has 3 rings (SSSR count). The molecule has 9 heteroatoms. The molecule has 1 aliphatic heterocycles. The number of nitrogens with one attached hydrogen (secondary N) is 1. The van der Waals surface area contributed by atoms with E-state index in [1.54, 1.807) is 24.3 Å². The van der Waals surface area contributed by atoms with Crippen LogP contribution >= 0.6 is 0 Å². The van der Waals surface area contributed by atoms with Crippen molar-refractivity contribution in [3.05, 3.63) is 59.7 Å². The van der Waals surface area contributed by atoms with Gasteiger partial charge < -0.3 is 15.0 Å². The number of benzene rings is 2. The van der Waals surface area contributed by atoms with E-state index < -0.39 is 15.9 Å². The van der Waals surface area contributed by atoms with Gasteiger partial charge in [-0.05, 0) is 41.8 Å². The molecular formula is C22H27N3O5S. The number of sulfonamides is 1. The summed E-state index contributed by atoms with van der Waals surface area (Å²) in [6.07, 6.45) is 2.55. The van der Waals surface area contributed by atoms with Gasteiger partial charge in [0.25, 0.3) is 0 Å². The molecule has 31 heavy (non-hydrogen) atoms. The lowest BCUT2D eigenvalue weighted by Crippen LogP contribution is -2.40. The van der Waals surface area contributed by atoms with Gasteiger partial charge in [0.2, 0.25) is 21.8 Å². The van der Waals surface area contributed by atoms with Crippen molar-refractivity contribution >= 4 is 27.5 Å². The average Bonchev–Trinajstić information content (AvgIpc) is 3.14. The summed E-state index contributed by atoms with van der Waals surface area (Å²) in [7, 11) is -2.12. The molecule has 8 nitrogen and oxygen atoms in total. The number of carbonyl (C=O) groups is 2. The summed E-state index contributed by atoms with van der Waals surface area (Å²) in [6, 6.07) is 14.1. The lowest BCUT2D eigenvalue weighted by Gasteiger charge is -2.22. The van der Waals surface area contributed by atoms with Crippen molar-refractivity contribution in [1.29, 1.82) is 0 Å². The Morgan fingerprint density at radius 1 is 1.16 bits per heavy atom. The smallest absolute Gasteiger partial charge is 0.241 e. The molecule has 0 unspecified atom stereocenters. The van der Waals surface area contributed by atoms with Crippen molar-refractivity contribution in [1.82, 2.24) is 10.2 Å². The first-order chi connectivity index (χ1) is 14.8. The fourth-order valence-corrected chi connectivity index (χ4v) is 4.32. The number of amides is 2. The first kappa shape index (κ1) is 22.6. The normalized spacial score (nSPS) is 13.9. The summed E-state index contributed by atoms with van der Waals surface area (Å²) in [5.74, 6) is 0.344. The molecule has 0 aromatic heterocycles. The van der Waals surface area contributed by atoms with Crippen LogP contribution in [-0.2, 0) is 32.7 Å². The van der Waals surface area contributed by atoms with E-state index in [2.05, 4.69) is 5.32 Å². The van der Waals surface area contributed by atoms with E-state index in [0.29, 0.717) is 24.4 Å². The van der Waals surface area contributed by atoms with E-state index in [-0.39, 0.29) is 19.0 Å². The fraction of sp³-hybridized carbons (Fsp3) is 0.364. The van der Waals surface area contributed by atoms with Crippen LogP contribution in [0.4, 0.5) is 5.69 Å². The highest BCUT2D eigenvalue weighted by Gasteiger charge is 2.21. The Kier molecular flexibility index (Phi) is 7.17. The molecule has 1 heterocycles. The van der Waals surface area contributed by atoms with E-state index in [4.69, 9.17) is 4.74 Å². The number of carbonyl (C=O) groups excluding carboxylic acids is 2. The van der Waals surface area contributed by atoms with Gasteiger partial charge >= 0.3 is 0 Å². The van der Waals surface area contributed by atoms with Crippen LogP contribution in [0.25, 0.3) is 0 Å². The molecule has 1 saturated heterocycles. The molecule has 0 radical (unpaired) electrons. The first-order valence-corrected chi connectivity index (χ1v) is 11.8. The molecule has 1 aliphatic rings. The molecular weight excluding hydrogens is 418 g/mol. The number of anilines is 1. The van der Waals surface area contributed by atoms with Crippen LogP contribution in [-0.4, -0.2) is 51.6 Å². The molecule has 1 N–H and O–H groups in total. The van der Waals surface area contributed by atoms with Crippen LogP contribution in [0.15, 0.2) is 48.5 Å². The second-order valence-electron chi connectivity index (χ2n) is 7.48. The topological polar surface area (TPSA) is 96.0 Å². The molecule has 0 atom stereocenters. The predicted molar refractivity (Wildman–Crippen MR) is 118 cm³/mol. The molecule has 2 aromatic carbocycles. The number of nitrogens with zero attached hydrogens (tertiary/aromatic N) is 2. The number of hydrogen-bond acceptors (Lipinski definition) is 5. The zero-order chi connectivity index (χ0) is 22.4. The quantitative estimate of drug-likeness (QED) is 0.636. The number of hydrogen-bond donors (Lipinski definition) is 1. The monoisotopic (exact) mass is 445 g/mol. The summed E-state index contributed by atoms with van der Waals surface area (Å²) in [6.45, 7) is 1.26. The number of likely N-dealkylation sites (tertiary alicyclic amines) is 1. The Morgan fingerprint density at radius 3 is 2.48 bits per heavy atom. The Bertz CT molecular complexity index is 1040. The number of rotatable bonds is 9. The van der Waals surface area contributed by atoms with Crippen LogP contribution in [0.2, 0.25) is 0 Å². The maximum atomic E-state index is 12.5. The summed E-state index contributed by atoms with van der Waals surface area (Å²) >= 11 is 0. The second-order valence-corrected chi connectivity index (χ2v) is 9.39. The van der Waals surface area contributed by atoms with Crippen LogP contribution in [0.3, 0.4) is 0 Å². The van der Waals surface area contributed by atoms with Crippen molar-refractivity contribution in [2.45, 2.75) is 25.9 Å². The molecule has 0 bridgehead atoms. The van der Waals surface area contributed by atoms with E-state index in [1.807, 2.05) is 29.2 Å². The third-order valence-electron chi connectivity index (χ3n) is 5.07. The molecule has 1 fully saturated rings. The summed E-state index contributed by atoms with van der Waals surface area (Å²) in [4.78, 5) is 26.1. The number of ether oxygens (including phenoxy) is 1. The maximum Gasteiger partial charge on any atom is 0.241 e. The predicted octanol–water partition coefficient (Wildman–Crippen LogP) is 1.90. The second kappa shape index (κ2) is 9.82. The van der Waals surface area contributed by atoms with Gasteiger partial charge in [0.05, 0.1) is 19.1 Å². The highest BCUT2D eigenvalue weighted by molar-refractivity contribution is 7.92. The van der Waals surface area contributed by atoms with Crippen LogP contribution in [0, 0.1) is 0 Å². The molecule has 2 amide bonds. The Hall–Kier alpha value is -3.07.